The van der Waals surface area contributed by atoms with E-state index in [0.29, 0.717) is 36.2 Å². The molecule has 1 rings (SSSR count). The second kappa shape index (κ2) is 7.54. The van der Waals surface area contributed by atoms with Gasteiger partial charge < -0.3 is 10.1 Å². The Morgan fingerprint density at radius 3 is 2.82 bits per heavy atom. The predicted octanol–water partition coefficient (Wildman–Crippen LogP) is 2.63. The molecule has 1 aromatic carbocycles. The molecule has 0 aliphatic rings. The van der Waals surface area contributed by atoms with Crippen LogP contribution in [0.4, 0.5) is 0 Å². The lowest BCUT2D eigenvalue weighted by Crippen LogP contribution is -2.27. The number of carbonyl (C=O) groups is 1. The molecule has 0 atom stereocenters. The molecule has 0 saturated carbocycles. The Bertz CT molecular complexity index is 383. The summed E-state index contributed by atoms with van der Waals surface area (Å²) in [6.07, 6.45) is 0. The Labute approximate surface area is 111 Å². The van der Waals surface area contributed by atoms with E-state index in [1.807, 2.05) is 13.0 Å². The SMILES string of the molecule is Cc1ccc(C(=O)NCCOCCCl)c(Cl)c1. The fourth-order valence-corrected chi connectivity index (χ4v) is 1.72. The summed E-state index contributed by atoms with van der Waals surface area (Å²) in [5.74, 6) is 0.266. The Hall–Kier alpha value is -0.770. The Balaban J connectivity index is 2.42. The lowest BCUT2D eigenvalue weighted by Gasteiger charge is -2.07. The number of benzene rings is 1. The molecule has 1 N–H and O–H groups in total. The van der Waals surface area contributed by atoms with Crippen molar-refractivity contribution in [3.05, 3.63) is 34.3 Å². The van der Waals surface area contributed by atoms with E-state index in [-0.39, 0.29) is 5.91 Å². The maximum absolute atomic E-state index is 11.7. The van der Waals surface area contributed by atoms with Gasteiger partial charge >= 0.3 is 0 Å². The summed E-state index contributed by atoms with van der Waals surface area (Å²) in [5.41, 5.74) is 1.51. The third kappa shape index (κ3) is 4.94. The van der Waals surface area contributed by atoms with Crippen LogP contribution in [-0.4, -0.2) is 31.5 Å². The predicted molar refractivity (Wildman–Crippen MR) is 70.1 cm³/mol. The highest BCUT2D eigenvalue weighted by molar-refractivity contribution is 6.33. The van der Waals surface area contributed by atoms with E-state index in [1.165, 1.54) is 0 Å². The van der Waals surface area contributed by atoms with Gasteiger partial charge in [0.25, 0.3) is 5.91 Å². The molecule has 0 spiro atoms. The number of hydrogen-bond acceptors (Lipinski definition) is 2. The number of amides is 1. The second-order valence-corrected chi connectivity index (χ2v) is 4.33. The maximum atomic E-state index is 11.7. The van der Waals surface area contributed by atoms with E-state index in [0.717, 1.165) is 5.56 Å². The van der Waals surface area contributed by atoms with Crippen molar-refractivity contribution >= 4 is 29.1 Å². The topological polar surface area (TPSA) is 38.3 Å². The highest BCUT2D eigenvalue weighted by Crippen LogP contribution is 2.17. The summed E-state index contributed by atoms with van der Waals surface area (Å²) in [5, 5.41) is 3.19. The van der Waals surface area contributed by atoms with Crippen molar-refractivity contribution in [1.29, 1.82) is 0 Å². The maximum Gasteiger partial charge on any atom is 0.252 e. The van der Waals surface area contributed by atoms with Gasteiger partial charge in [-0.3, -0.25) is 4.79 Å². The van der Waals surface area contributed by atoms with Crippen LogP contribution in [0.3, 0.4) is 0 Å². The molecule has 17 heavy (non-hydrogen) atoms. The molecule has 0 fully saturated rings. The summed E-state index contributed by atoms with van der Waals surface area (Å²) in [7, 11) is 0. The molecule has 94 valence electrons. The minimum atomic E-state index is -0.190. The van der Waals surface area contributed by atoms with E-state index >= 15 is 0 Å². The fourth-order valence-electron chi connectivity index (χ4n) is 1.29. The van der Waals surface area contributed by atoms with Crippen LogP contribution in [0.5, 0.6) is 0 Å². The van der Waals surface area contributed by atoms with Crippen LogP contribution in [0, 0.1) is 6.92 Å². The molecular weight excluding hydrogens is 261 g/mol. The van der Waals surface area contributed by atoms with Crippen molar-refractivity contribution in [3.8, 4) is 0 Å². The van der Waals surface area contributed by atoms with Gasteiger partial charge in [-0.1, -0.05) is 17.7 Å². The normalized spacial score (nSPS) is 10.3. The Morgan fingerprint density at radius 1 is 1.41 bits per heavy atom. The highest BCUT2D eigenvalue weighted by Gasteiger charge is 2.09. The van der Waals surface area contributed by atoms with Gasteiger partial charge in [-0.2, -0.15) is 0 Å². The van der Waals surface area contributed by atoms with Gasteiger partial charge in [0.2, 0.25) is 0 Å². The standard InChI is InChI=1S/C12H15Cl2NO2/c1-9-2-3-10(11(14)8-9)12(16)15-5-7-17-6-4-13/h2-3,8H,4-7H2,1H3,(H,15,16). The van der Waals surface area contributed by atoms with Gasteiger partial charge in [-0.15, -0.1) is 11.6 Å². The lowest BCUT2D eigenvalue weighted by atomic mass is 10.1. The van der Waals surface area contributed by atoms with Crippen molar-refractivity contribution in [2.75, 3.05) is 25.6 Å². The van der Waals surface area contributed by atoms with Crippen molar-refractivity contribution in [2.24, 2.45) is 0 Å². The fraction of sp³-hybridized carbons (Fsp3) is 0.417. The zero-order valence-corrected chi connectivity index (χ0v) is 11.1. The molecule has 0 heterocycles. The van der Waals surface area contributed by atoms with Crippen LogP contribution in [0.2, 0.25) is 5.02 Å². The molecule has 0 unspecified atom stereocenters. The number of rotatable bonds is 6. The van der Waals surface area contributed by atoms with E-state index in [4.69, 9.17) is 27.9 Å². The van der Waals surface area contributed by atoms with Gasteiger partial charge in [-0.25, -0.2) is 0 Å². The summed E-state index contributed by atoms with van der Waals surface area (Å²) >= 11 is 11.4. The highest BCUT2D eigenvalue weighted by atomic mass is 35.5. The molecule has 0 saturated heterocycles. The summed E-state index contributed by atoms with van der Waals surface area (Å²) in [6.45, 7) is 3.30. The number of hydrogen-bond donors (Lipinski definition) is 1. The molecular formula is C12H15Cl2NO2. The number of aryl methyl sites for hydroxylation is 1. The zero-order chi connectivity index (χ0) is 12.7. The first-order valence-electron chi connectivity index (χ1n) is 5.33. The molecule has 0 bridgehead atoms. The quantitative estimate of drug-likeness (QED) is 0.640. The van der Waals surface area contributed by atoms with Crippen LogP contribution in [0.25, 0.3) is 0 Å². The smallest absolute Gasteiger partial charge is 0.252 e. The van der Waals surface area contributed by atoms with E-state index in [9.17, 15) is 4.79 Å². The molecule has 0 aromatic heterocycles. The van der Waals surface area contributed by atoms with Crippen LogP contribution >= 0.6 is 23.2 Å². The van der Waals surface area contributed by atoms with E-state index in [2.05, 4.69) is 5.32 Å². The first-order valence-corrected chi connectivity index (χ1v) is 6.24. The van der Waals surface area contributed by atoms with E-state index in [1.54, 1.807) is 12.1 Å². The molecule has 1 amide bonds. The Morgan fingerprint density at radius 2 is 2.18 bits per heavy atom. The summed E-state index contributed by atoms with van der Waals surface area (Å²) in [6, 6.07) is 5.33. The van der Waals surface area contributed by atoms with Crippen molar-refractivity contribution in [3.63, 3.8) is 0 Å². The van der Waals surface area contributed by atoms with Gasteiger partial charge in [-0.05, 0) is 24.6 Å². The van der Waals surface area contributed by atoms with Crippen molar-refractivity contribution in [1.82, 2.24) is 5.32 Å². The summed E-state index contributed by atoms with van der Waals surface area (Å²) in [4.78, 5) is 11.7. The number of carbonyl (C=O) groups excluding carboxylic acids is 1. The molecule has 0 radical (unpaired) electrons. The monoisotopic (exact) mass is 275 g/mol. The number of alkyl halides is 1. The summed E-state index contributed by atoms with van der Waals surface area (Å²) < 4.78 is 5.14. The minimum Gasteiger partial charge on any atom is -0.378 e. The third-order valence-electron chi connectivity index (χ3n) is 2.12. The van der Waals surface area contributed by atoms with Crippen molar-refractivity contribution in [2.45, 2.75) is 6.92 Å². The average Bonchev–Trinajstić information content (AvgIpc) is 2.28. The molecule has 3 nitrogen and oxygen atoms in total. The average molecular weight is 276 g/mol. The van der Waals surface area contributed by atoms with Gasteiger partial charge in [0.15, 0.2) is 0 Å². The number of nitrogens with one attached hydrogen (secondary N) is 1. The molecule has 1 aromatic rings. The Kier molecular flexibility index (Phi) is 6.34. The van der Waals surface area contributed by atoms with E-state index < -0.39 is 0 Å². The van der Waals surface area contributed by atoms with Crippen LogP contribution in [0.1, 0.15) is 15.9 Å². The molecule has 0 aliphatic heterocycles. The van der Waals surface area contributed by atoms with Crippen LogP contribution in [-0.2, 0) is 4.74 Å². The number of halogens is 2. The molecule has 0 aliphatic carbocycles. The minimum absolute atomic E-state index is 0.190. The lowest BCUT2D eigenvalue weighted by molar-refractivity contribution is 0.0923. The third-order valence-corrected chi connectivity index (χ3v) is 2.59. The number of ether oxygens (including phenoxy) is 1. The molecule has 5 heteroatoms. The first kappa shape index (κ1) is 14.3. The van der Waals surface area contributed by atoms with Gasteiger partial charge in [0.1, 0.15) is 0 Å². The van der Waals surface area contributed by atoms with Crippen LogP contribution in [0.15, 0.2) is 18.2 Å². The first-order chi connectivity index (χ1) is 8.15. The van der Waals surface area contributed by atoms with Crippen molar-refractivity contribution < 1.29 is 9.53 Å². The largest absolute Gasteiger partial charge is 0.378 e. The van der Waals surface area contributed by atoms with Gasteiger partial charge in [0.05, 0.1) is 23.8 Å². The van der Waals surface area contributed by atoms with Crippen LogP contribution < -0.4 is 5.32 Å². The zero-order valence-electron chi connectivity index (χ0n) is 9.63. The second-order valence-electron chi connectivity index (χ2n) is 3.54. The van der Waals surface area contributed by atoms with Gasteiger partial charge in [0, 0.05) is 12.4 Å².